The van der Waals surface area contributed by atoms with Crippen LogP contribution in [0.4, 0.5) is 0 Å². The van der Waals surface area contributed by atoms with Crippen LogP contribution in [-0.2, 0) is 11.2 Å². The maximum absolute atomic E-state index is 10.7. The van der Waals surface area contributed by atoms with Crippen molar-refractivity contribution in [2.75, 3.05) is 6.54 Å². The van der Waals surface area contributed by atoms with E-state index < -0.39 is 5.97 Å². The normalized spacial score (nSPS) is 12.4. The fraction of sp³-hybridized carbons (Fsp3) is 0.462. The molecule has 0 amide bonds. The van der Waals surface area contributed by atoms with E-state index in [1.54, 1.807) is 0 Å². The van der Waals surface area contributed by atoms with E-state index in [-0.39, 0.29) is 12.5 Å². The molecule has 0 heterocycles. The molecular weight excluding hydrogens is 202 g/mol. The van der Waals surface area contributed by atoms with Gasteiger partial charge >= 0.3 is 5.97 Å². The first-order valence-corrected chi connectivity index (χ1v) is 5.71. The summed E-state index contributed by atoms with van der Waals surface area (Å²) >= 11 is 0. The lowest BCUT2D eigenvalue weighted by atomic mass is 10.0. The van der Waals surface area contributed by atoms with Crippen LogP contribution in [0.5, 0.6) is 0 Å². The Kier molecular flexibility index (Phi) is 4.99. The summed E-state index contributed by atoms with van der Waals surface area (Å²) in [7, 11) is 0. The highest BCUT2D eigenvalue weighted by Gasteiger charge is 2.13. The maximum atomic E-state index is 10.7. The average Bonchev–Trinajstić information content (AvgIpc) is 2.28. The summed E-state index contributed by atoms with van der Waals surface area (Å²) in [6.07, 6.45) is 1.13. The Morgan fingerprint density at radius 3 is 2.38 bits per heavy atom. The van der Waals surface area contributed by atoms with E-state index in [2.05, 4.69) is 24.4 Å². The third kappa shape index (κ3) is 3.66. The second kappa shape index (κ2) is 6.28. The third-order valence-electron chi connectivity index (χ3n) is 2.62. The number of rotatable bonds is 6. The summed E-state index contributed by atoms with van der Waals surface area (Å²) in [5, 5.41) is 12.0. The van der Waals surface area contributed by atoms with E-state index in [4.69, 9.17) is 5.11 Å². The van der Waals surface area contributed by atoms with E-state index in [9.17, 15) is 4.79 Å². The lowest BCUT2D eigenvalue weighted by Gasteiger charge is -2.16. The zero-order chi connectivity index (χ0) is 12.0. The number of hydrogen-bond donors (Lipinski definition) is 2. The Bertz CT molecular complexity index is 332. The van der Waals surface area contributed by atoms with Crippen molar-refractivity contribution >= 4 is 5.97 Å². The predicted molar refractivity (Wildman–Crippen MR) is 64.5 cm³/mol. The molecule has 1 atom stereocenters. The SMILES string of the molecule is CCNC(CC(=O)O)c1ccc(CC)cc1. The Hall–Kier alpha value is -1.35. The standard InChI is InChI=1S/C13H19NO2/c1-3-10-5-7-11(8-6-10)12(14-4-2)9-13(15)16/h5-8,12,14H,3-4,9H2,1-2H3,(H,15,16). The fourth-order valence-corrected chi connectivity index (χ4v) is 1.71. The van der Waals surface area contributed by atoms with Gasteiger partial charge in [-0.2, -0.15) is 0 Å². The molecule has 0 aliphatic heterocycles. The summed E-state index contributed by atoms with van der Waals surface area (Å²) in [6, 6.07) is 8.04. The molecule has 0 spiro atoms. The molecule has 1 unspecified atom stereocenters. The first-order valence-electron chi connectivity index (χ1n) is 5.71. The van der Waals surface area contributed by atoms with E-state index in [0.29, 0.717) is 0 Å². The third-order valence-corrected chi connectivity index (χ3v) is 2.62. The van der Waals surface area contributed by atoms with Gasteiger partial charge in [-0.15, -0.1) is 0 Å². The minimum atomic E-state index is -0.773. The number of carboxylic acids is 1. The first kappa shape index (κ1) is 12.7. The molecule has 3 nitrogen and oxygen atoms in total. The van der Waals surface area contributed by atoms with Gasteiger partial charge in [-0.25, -0.2) is 0 Å². The molecular formula is C13H19NO2. The summed E-state index contributed by atoms with van der Waals surface area (Å²) < 4.78 is 0. The molecule has 16 heavy (non-hydrogen) atoms. The molecule has 0 aromatic heterocycles. The van der Waals surface area contributed by atoms with Gasteiger partial charge in [-0.3, -0.25) is 4.79 Å². The fourth-order valence-electron chi connectivity index (χ4n) is 1.71. The maximum Gasteiger partial charge on any atom is 0.305 e. The van der Waals surface area contributed by atoms with E-state index in [1.165, 1.54) is 5.56 Å². The van der Waals surface area contributed by atoms with Crippen molar-refractivity contribution in [3.8, 4) is 0 Å². The van der Waals surface area contributed by atoms with Gasteiger partial charge in [0.2, 0.25) is 0 Å². The number of hydrogen-bond acceptors (Lipinski definition) is 2. The molecule has 0 aliphatic rings. The molecule has 0 aliphatic carbocycles. The molecule has 0 saturated carbocycles. The predicted octanol–water partition coefficient (Wildman–Crippen LogP) is 2.37. The van der Waals surface area contributed by atoms with Crippen LogP contribution in [-0.4, -0.2) is 17.6 Å². The molecule has 1 rings (SSSR count). The van der Waals surface area contributed by atoms with Crippen LogP contribution in [0.1, 0.15) is 37.4 Å². The van der Waals surface area contributed by atoms with Crippen LogP contribution in [0.25, 0.3) is 0 Å². The number of benzene rings is 1. The van der Waals surface area contributed by atoms with Crippen molar-refractivity contribution < 1.29 is 9.90 Å². The monoisotopic (exact) mass is 221 g/mol. The minimum Gasteiger partial charge on any atom is -0.481 e. The largest absolute Gasteiger partial charge is 0.481 e. The summed E-state index contributed by atoms with van der Waals surface area (Å²) in [4.78, 5) is 10.7. The number of carboxylic acid groups (broad SMARTS) is 1. The average molecular weight is 221 g/mol. The van der Waals surface area contributed by atoms with Crippen molar-refractivity contribution in [3.63, 3.8) is 0 Å². The van der Waals surface area contributed by atoms with Gasteiger partial charge in [-0.1, -0.05) is 38.1 Å². The molecule has 0 bridgehead atoms. The van der Waals surface area contributed by atoms with Crippen molar-refractivity contribution in [1.82, 2.24) is 5.32 Å². The van der Waals surface area contributed by atoms with Crippen molar-refractivity contribution in [3.05, 3.63) is 35.4 Å². The summed E-state index contributed by atoms with van der Waals surface area (Å²) in [5.74, 6) is -0.773. The smallest absolute Gasteiger partial charge is 0.305 e. The number of carbonyl (C=O) groups is 1. The van der Waals surface area contributed by atoms with Gasteiger partial charge in [0.25, 0.3) is 0 Å². The Morgan fingerprint density at radius 2 is 1.94 bits per heavy atom. The Labute approximate surface area is 96.5 Å². The van der Waals surface area contributed by atoms with Gasteiger partial charge in [0.15, 0.2) is 0 Å². The molecule has 0 saturated heterocycles. The van der Waals surface area contributed by atoms with E-state index in [0.717, 1.165) is 18.5 Å². The zero-order valence-corrected chi connectivity index (χ0v) is 9.86. The zero-order valence-electron chi connectivity index (χ0n) is 9.86. The lowest BCUT2D eigenvalue weighted by Crippen LogP contribution is -2.23. The van der Waals surface area contributed by atoms with E-state index in [1.807, 2.05) is 19.1 Å². The van der Waals surface area contributed by atoms with Crippen LogP contribution >= 0.6 is 0 Å². The van der Waals surface area contributed by atoms with Gasteiger partial charge in [0.1, 0.15) is 0 Å². The minimum absolute atomic E-state index is 0.0894. The molecule has 1 aromatic rings. The number of nitrogens with one attached hydrogen (secondary N) is 1. The van der Waals surface area contributed by atoms with Gasteiger partial charge < -0.3 is 10.4 Å². The molecule has 0 fully saturated rings. The number of aliphatic carboxylic acids is 1. The summed E-state index contributed by atoms with van der Waals surface area (Å²) in [6.45, 7) is 4.86. The Morgan fingerprint density at radius 1 is 1.31 bits per heavy atom. The quantitative estimate of drug-likeness (QED) is 0.775. The van der Waals surface area contributed by atoms with Gasteiger partial charge in [0, 0.05) is 6.04 Å². The highest BCUT2D eigenvalue weighted by atomic mass is 16.4. The second-order valence-electron chi connectivity index (χ2n) is 3.80. The van der Waals surface area contributed by atoms with Crippen LogP contribution < -0.4 is 5.32 Å². The Balaban J connectivity index is 2.79. The van der Waals surface area contributed by atoms with Crippen LogP contribution in [0, 0.1) is 0 Å². The van der Waals surface area contributed by atoms with Gasteiger partial charge in [-0.05, 0) is 24.1 Å². The van der Waals surface area contributed by atoms with E-state index >= 15 is 0 Å². The first-order chi connectivity index (χ1) is 7.67. The van der Waals surface area contributed by atoms with Crippen LogP contribution in [0.2, 0.25) is 0 Å². The summed E-state index contributed by atoms with van der Waals surface area (Å²) in [5.41, 5.74) is 2.32. The second-order valence-corrected chi connectivity index (χ2v) is 3.80. The topological polar surface area (TPSA) is 49.3 Å². The van der Waals surface area contributed by atoms with Crippen molar-refractivity contribution in [2.45, 2.75) is 32.7 Å². The van der Waals surface area contributed by atoms with Crippen molar-refractivity contribution in [2.24, 2.45) is 0 Å². The van der Waals surface area contributed by atoms with Gasteiger partial charge in [0.05, 0.1) is 6.42 Å². The van der Waals surface area contributed by atoms with Crippen molar-refractivity contribution in [1.29, 1.82) is 0 Å². The molecule has 3 heteroatoms. The van der Waals surface area contributed by atoms with Crippen LogP contribution in [0.3, 0.4) is 0 Å². The number of aryl methyl sites for hydroxylation is 1. The lowest BCUT2D eigenvalue weighted by molar-refractivity contribution is -0.137. The molecule has 1 aromatic carbocycles. The molecule has 88 valence electrons. The molecule has 0 radical (unpaired) electrons. The van der Waals surface area contributed by atoms with Crippen LogP contribution in [0.15, 0.2) is 24.3 Å². The highest BCUT2D eigenvalue weighted by molar-refractivity contribution is 5.67. The molecule has 2 N–H and O–H groups in total. The highest BCUT2D eigenvalue weighted by Crippen LogP contribution is 2.17.